The van der Waals surface area contributed by atoms with Crippen LogP contribution in [0.5, 0.6) is 0 Å². The predicted octanol–water partition coefficient (Wildman–Crippen LogP) is 11.4. The van der Waals surface area contributed by atoms with Crippen molar-refractivity contribution in [2.45, 2.75) is 197 Å². The lowest BCUT2D eigenvalue weighted by molar-refractivity contribution is -0.150. The third-order valence-electron chi connectivity index (χ3n) is 9.02. The summed E-state index contributed by atoms with van der Waals surface area (Å²) < 4.78 is 5.87. The van der Waals surface area contributed by atoms with Gasteiger partial charge in [0.25, 0.3) is 0 Å². The summed E-state index contributed by atoms with van der Waals surface area (Å²) in [6.45, 7) is 21.5. The number of hydrogen-bond donors (Lipinski definition) is 1. The Labute approximate surface area is 241 Å². The van der Waals surface area contributed by atoms with Crippen molar-refractivity contribution in [2.75, 3.05) is 6.54 Å². The number of ether oxygens (including phenoxy) is 1. The van der Waals surface area contributed by atoms with Gasteiger partial charge in [-0.1, -0.05) is 146 Å². The Hall–Kier alpha value is -0.570. The van der Waals surface area contributed by atoms with E-state index in [1.165, 1.54) is 89.9 Å². The minimum absolute atomic E-state index is 0.0285. The number of unbranched alkanes of at least 4 members (excludes halogenated alkanes) is 14. The number of hydrogen-bond acceptors (Lipinski definition) is 3. The average Bonchev–Trinajstić information content (AvgIpc) is 2.85. The molecule has 0 saturated carbocycles. The first-order valence-electron chi connectivity index (χ1n) is 16.8. The second-order valence-electron chi connectivity index (χ2n) is 13.7. The maximum atomic E-state index is 12.2. The standard InChI is InChI=1S/C25H51NO2.C10H22/c1-3-5-7-9-12-16-20-24(21-17-13-10-8-6-4-2)28-25(27)22-18-14-11-15-19-23-26;1-8(2)10(6,7)9(3,4)5/h24H,3-23,26H2,1-2H3;8H,1-7H3. The Morgan fingerprint density at radius 3 is 1.39 bits per heavy atom. The Kier molecular flexibility index (Phi) is 26.5. The third kappa shape index (κ3) is 23.3. The summed E-state index contributed by atoms with van der Waals surface area (Å²) >= 11 is 0. The first-order valence-corrected chi connectivity index (χ1v) is 16.8. The Bertz CT molecular complexity index is 491. The fourth-order valence-electron chi connectivity index (χ4n) is 4.62. The molecule has 38 heavy (non-hydrogen) atoms. The molecular weight excluding hydrogens is 466 g/mol. The highest BCUT2D eigenvalue weighted by molar-refractivity contribution is 5.69. The SMILES string of the molecule is CC(C)C(C)(C)C(C)(C)C.CCCCCCCCC(CCCCCCCC)OC(=O)CCCCCCCN. The summed E-state index contributed by atoms with van der Waals surface area (Å²) in [5, 5.41) is 0. The highest BCUT2D eigenvalue weighted by atomic mass is 16.5. The molecule has 0 aromatic carbocycles. The van der Waals surface area contributed by atoms with Gasteiger partial charge in [0.2, 0.25) is 0 Å². The van der Waals surface area contributed by atoms with E-state index in [0.29, 0.717) is 17.3 Å². The lowest BCUT2D eigenvalue weighted by Crippen LogP contribution is -2.34. The second-order valence-corrected chi connectivity index (χ2v) is 13.7. The molecule has 0 radical (unpaired) electrons. The monoisotopic (exact) mass is 540 g/mol. The van der Waals surface area contributed by atoms with Crippen molar-refractivity contribution >= 4 is 5.97 Å². The molecule has 0 aliphatic carbocycles. The van der Waals surface area contributed by atoms with Crippen LogP contribution < -0.4 is 5.73 Å². The number of carbonyl (C=O) groups is 1. The molecule has 0 aromatic heterocycles. The quantitative estimate of drug-likeness (QED) is 0.104. The first kappa shape index (κ1) is 39.6. The molecule has 3 heteroatoms. The lowest BCUT2D eigenvalue weighted by atomic mass is 9.63. The minimum Gasteiger partial charge on any atom is -0.462 e. The highest BCUT2D eigenvalue weighted by Gasteiger charge is 2.35. The zero-order valence-corrected chi connectivity index (χ0v) is 27.9. The van der Waals surface area contributed by atoms with Gasteiger partial charge in [-0.2, -0.15) is 0 Å². The topological polar surface area (TPSA) is 52.3 Å². The Morgan fingerprint density at radius 1 is 0.632 bits per heavy atom. The van der Waals surface area contributed by atoms with Crippen LogP contribution in [0.1, 0.15) is 191 Å². The van der Waals surface area contributed by atoms with E-state index in [9.17, 15) is 4.79 Å². The summed E-state index contributed by atoms with van der Waals surface area (Å²) in [7, 11) is 0. The maximum Gasteiger partial charge on any atom is 0.306 e. The largest absolute Gasteiger partial charge is 0.462 e. The molecule has 0 atom stereocenters. The minimum atomic E-state index is 0.0285. The van der Waals surface area contributed by atoms with Gasteiger partial charge in [0.15, 0.2) is 0 Å². The van der Waals surface area contributed by atoms with Gasteiger partial charge >= 0.3 is 5.97 Å². The molecule has 0 heterocycles. The van der Waals surface area contributed by atoms with Gasteiger partial charge in [-0.25, -0.2) is 0 Å². The lowest BCUT2D eigenvalue weighted by Gasteiger charge is -2.42. The van der Waals surface area contributed by atoms with E-state index in [1.807, 2.05) is 0 Å². The smallest absolute Gasteiger partial charge is 0.306 e. The molecule has 230 valence electrons. The third-order valence-corrected chi connectivity index (χ3v) is 9.02. The molecule has 0 saturated heterocycles. The fourth-order valence-corrected chi connectivity index (χ4v) is 4.62. The van der Waals surface area contributed by atoms with Gasteiger partial charge in [0.05, 0.1) is 0 Å². The van der Waals surface area contributed by atoms with Gasteiger partial charge in [-0.05, 0) is 61.8 Å². The number of rotatable bonds is 23. The number of carbonyl (C=O) groups excluding carboxylic acids is 1. The van der Waals surface area contributed by atoms with Crippen LogP contribution in [0.25, 0.3) is 0 Å². The van der Waals surface area contributed by atoms with Crippen molar-refractivity contribution in [3.05, 3.63) is 0 Å². The average molecular weight is 540 g/mol. The molecule has 2 N–H and O–H groups in total. The summed E-state index contributed by atoms with van der Waals surface area (Å²) in [5.74, 6) is 0.785. The molecule has 0 rings (SSSR count). The Morgan fingerprint density at radius 2 is 1.03 bits per heavy atom. The van der Waals surface area contributed by atoms with Crippen LogP contribution in [-0.2, 0) is 9.53 Å². The highest BCUT2D eigenvalue weighted by Crippen LogP contribution is 2.43. The molecule has 0 amide bonds. The maximum absolute atomic E-state index is 12.2. The van der Waals surface area contributed by atoms with Gasteiger partial charge in [0, 0.05) is 6.42 Å². The van der Waals surface area contributed by atoms with Crippen LogP contribution in [0.4, 0.5) is 0 Å². The second kappa shape index (κ2) is 25.4. The molecule has 0 aromatic rings. The fraction of sp³-hybridized carbons (Fsp3) is 0.971. The van der Waals surface area contributed by atoms with Gasteiger partial charge in [-0.3, -0.25) is 4.79 Å². The van der Waals surface area contributed by atoms with Crippen molar-refractivity contribution < 1.29 is 9.53 Å². The number of esters is 1. The summed E-state index contributed by atoms with van der Waals surface area (Å²) in [6, 6.07) is 0. The van der Waals surface area contributed by atoms with Crippen molar-refractivity contribution in [3.63, 3.8) is 0 Å². The normalized spacial score (nSPS) is 12.1. The van der Waals surface area contributed by atoms with E-state index in [-0.39, 0.29) is 12.1 Å². The van der Waals surface area contributed by atoms with E-state index in [1.54, 1.807) is 0 Å². The number of nitrogens with two attached hydrogens (primary N) is 1. The summed E-state index contributed by atoms with van der Waals surface area (Å²) in [4.78, 5) is 12.2. The molecule has 0 spiro atoms. The van der Waals surface area contributed by atoms with E-state index in [2.05, 4.69) is 62.3 Å². The van der Waals surface area contributed by atoms with Crippen LogP contribution in [-0.4, -0.2) is 18.6 Å². The van der Waals surface area contributed by atoms with Gasteiger partial charge < -0.3 is 10.5 Å². The first-order chi connectivity index (χ1) is 17.9. The van der Waals surface area contributed by atoms with Gasteiger partial charge in [-0.15, -0.1) is 0 Å². The molecule has 3 nitrogen and oxygen atoms in total. The van der Waals surface area contributed by atoms with Crippen LogP contribution in [0, 0.1) is 16.7 Å². The van der Waals surface area contributed by atoms with E-state index in [0.717, 1.165) is 44.6 Å². The van der Waals surface area contributed by atoms with E-state index < -0.39 is 0 Å². The van der Waals surface area contributed by atoms with E-state index >= 15 is 0 Å². The zero-order chi connectivity index (χ0) is 29.3. The molecule has 0 unspecified atom stereocenters. The van der Waals surface area contributed by atoms with Crippen molar-refractivity contribution in [1.29, 1.82) is 0 Å². The predicted molar refractivity (Wildman–Crippen MR) is 171 cm³/mol. The van der Waals surface area contributed by atoms with Crippen molar-refractivity contribution in [2.24, 2.45) is 22.5 Å². The summed E-state index contributed by atoms with van der Waals surface area (Å²) in [5.41, 5.74) is 6.38. The molecule has 0 aliphatic heterocycles. The molecule has 0 aliphatic rings. The molecule has 0 fully saturated rings. The molecule has 0 bridgehead atoms. The Balaban J connectivity index is 0. The zero-order valence-electron chi connectivity index (χ0n) is 27.9. The van der Waals surface area contributed by atoms with E-state index in [4.69, 9.17) is 10.5 Å². The van der Waals surface area contributed by atoms with Crippen LogP contribution >= 0.6 is 0 Å². The molecular formula is C35H73NO2. The van der Waals surface area contributed by atoms with Crippen LogP contribution in [0.15, 0.2) is 0 Å². The van der Waals surface area contributed by atoms with Crippen LogP contribution in [0.2, 0.25) is 0 Å². The van der Waals surface area contributed by atoms with Crippen molar-refractivity contribution in [3.8, 4) is 0 Å². The van der Waals surface area contributed by atoms with Crippen LogP contribution in [0.3, 0.4) is 0 Å². The van der Waals surface area contributed by atoms with Crippen molar-refractivity contribution in [1.82, 2.24) is 0 Å². The van der Waals surface area contributed by atoms with Gasteiger partial charge in [0.1, 0.15) is 6.10 Å². The summed E-state index contributed by atoms with van der Waals surface area (Å²) in [6.07, 6.45) is 24.0.